The third-order valence-electron chi connectivity index (χ3n) is 5.88. The van der Waals surface area contributed by atoms with Crippen molar-refractivity contribution in [2.75, 3.05) is 32.8 Å². The molecule has 1 aliphatic heterocycles. The van der Waals surface area contributed by atoms with Crippen molar-refractivity contribution in [1.82, 2.24) is 9.80 Å². The molecule has 2 aromatic rings. The number of phenolic OH excluding ortho intramolecular Hbond substituents is 1. The number of aliphatic hydroxyl groups excluding tert-OH is 1. The Morgan fingerprint density at radius 2 is 1.76 bits per heavy atom. The van der Waals surface area contributed by atoms with Crippen LogP contribution in [0, 0.1) is 0 Å². The van der Waals surface area contributed by atoms with Gasteiger partial charge in [0.1, 0.15) is 17.3 Å². The lowest BCUT2D eigenvalue weighted by atomic mass is 9.95. The van der Waals surface area contributed by atoms with Gasteiger partial charge < -0.3 is 24.7 Å². The minimum absolute atomic E-state index is 0.0397. The Morgan fingerprint density at radius 3 is 2.39 bits per heavy atom. The van der Waals surface area contributed by atoms with Gasteiger partial charge in [0.25, 0.3) is 11.7 Å². The van der Waals surface area contributed by atoms with Gasteiger partial charge in [0.15, 0.2) is 0 Å². The van der Waals surface area contributed by atoms with Crippen LogP contribution in [0.2, 0.25) is 0 Å². The molecule has 0 bridgehead atoms. The van der Waals surface area contributed by atoms with Crippen molar-refractivity contribution in [2.45, 2.75) is 33.2 Å². The summed E-state index contributed by atoms with van der Waals surface area (Å²) in [6.07, 6.45) is 0.842. The van der Waals surface area contributed by atoms with Crippen LogP contribution in [0.1, 0.15) is 44.4 Å². The number of hydrogen-bond donors (Lipinski definition) is 2. The fourth-order valence-corrected chi connectivity index (χ4v) is 4.01. The maximum Gasteiger partial charge on any atom is 0.295 e. The summed E-state index contributed by atoms with van der Waals surface area (Å²) in [6.45, 7) is 9.23. The number of hydrogen-bond acceptors (Lipinski definition) is 6. The topological polar surface area (TPSA) is 90.3 Å². The van der Waals surface area contributed by atoms with E-state index in [1.807, 2.05) is 20.8 Å². The van der Waals surface area contributed by atoms with Gasteiger partial charge in [-0.2, -0.15) is 0 Å². The molecule has 0 aromatic heterocycles. The number of amides is 1. The number of aromatic hydroxyl groups is 1. The van der Waals surface area contributed by atoms with E-state index in [1.165, 1.54) is 17.0 Å². The van der Waals surface area contributed by atoms with Gasteiger partial charge in [0, 0.05) is 18.7 Å². The maximum atomic E-state index is 13.1. The molecule has 176 valence electrons. The first kappa shape index (κ1) is 24.3. The van der Waals surface area contributed by atoms with E-state index >= 15 is 0 Å². The molecule has 0 aliphatic carbocycles. The third kappa shape index (κ3) is 5.37. The first-order chi connectivity index (χ1) is 15.9. The normalized spacial score (nSPS) is 17.7. The summed E-state index contributed by atoms with van der Waals surface area (Å²) in [4.78, 5) is 29.8. The second-order valence-corrected chi connectivity index (χ2v) is 7.99. The minimum atomic E-state index is -0.749. The quantitative estimate of drug-likeness (QED) is 0.322. The van der Waals surface area contributed by atoms with E-state index in [-0.39, 0.29) is 17.1 Å². The standard InChI is InChI=1S/C26H32N2O5/c1-4-16-33-21-9-7-8-19(17-21)24(30)22-23(18-10-12-20(29)13-11-18)28(26(32)25(22)31)15-14-27(5-2)6-3/h7-13,17,23,29-30H,4-6,14-16H2,1-3H3/b24-22+. The number of ketones is 1. The van der Waals surface area contributed by atoms with Crippen molar-refractivity contribution in [2.24, 2.45) is 0 Å². The van der Waals surface area contributed by atoms with Gasteiger partial charge in [-0.3, -0.25) is 9.59 Å². The van der Waals surface area contributed by atoms with E-state index in [4.69, 9.17) is 4.74 Å². The van der Waals surface area contributed by atoms with Gasteiger partial charge in [-0.05, 0) is 49.3 Å². The molecule has 3 rings (SSSR count). The van der Waals surface area contributed by atoms with Crippen LogP contribution in [0.5, 0.6) is 11.5 Å². The van der Waals surface area contributed by atoms with Gasteiger partial charge in [0.05, 0.1) is 18.2 Å². The molecule has 33 heavy (non-hydrogen) atoms. The van der Waals surface area contributed by atoms with Crippen molar-refractivity contribution in [3.8, 4) is 11.5 Å². The largest absolute Gasteiger partial charge is 0.508 e. The first-order valence-electron chi connectivity index (χ1n) is 11.4. The summed E-state index contributed by atoms with van der Waals surface area (Å²) in [5.41, 5.74) is 1.10. The Morgan fingerprint density at radius 1 is 1.06 bits per heavy atom. The molecular weight excluding hydrogens is 420 g/mol. The molecule has 7 heteroatoms. The van der Waals surface area contributed by atoms with E-state index in [1.54, 1.807) is 36.4 Å². The van der Waals surface area contributed by atoms with E-state index in [0.29, 0.717) is 36.6 Å². The van der Waals surface area contributed by atoms with Crippen molar-refractivity contribution < 1.29 is 24.5 Å². The fraction of sp³-hybridized carbons (Fsp3) is 0.385. The lowest BCUT2D eigenvalue weighted by Crippen LogP contribution is -2.38. The highest BCUT2D eigenvalue weighted by atomic mass is 16.5. The van der Waals surface area contributed by atoms with Crippen LogP contribution in [0.25, 0.3) is 5.76 Å². The van der Waals surface area contributed by atoms with Crippen molar-refractivity contribution in [1.29, 1.82) is 0 Å². The monoisotopic (exact) mass is 452 g/mol. The summed E-state index contributed by atoms with van der Waals surface area (Å²) in [5.74, 6) is -0.929. The van der Waals surface area contributed by atoms with Crippen LogP contribution >= 0.6 is 0 Å². The zero-order valence-electron chi connectivity index (χ0n) is 19.5. The zero-order chi connectivity index (χ0) is 24.0. The maximum absolute atomic E-state index is 13.1. The highest BCUT2D eigenvalue weighted by Crippen LogP contribution is 2.40. The van der Waals surface area contributed by atoms with Gasteiger partial charge >= 0.3 is 0 Å². The van der Waals surface area contributed by atoms with Crippen LogP contribution in [0.4, 0.5) is 0 Å². The molecule has 1 unspecified atom stereocenters. The van der Waals surface area contributed by atoms with Crippen LogP contribution in [0.15, 0.2) is 54.1 Å². The van der Waals surface area contributed by atoms with E-state index in [0.717, 1.165) is 19.5 Å². The van der Waals surface area contributed by atoms with Gasteiger partial charge in [-0.1, -0.05) is 45.0 Å². The van der Waals surface area contributed by atoms with E-state index in [2.05, 4.69) is 4.90 Å². The highest BCUT2D eigenvalue weighted by Gasteiger charge is 2.46. The smallest absolute Gasteiger partial charge is 0.295 e. The summed E-state index contributed by atoms with van der Waals surface area (Å²) in [5, 5.41) is 20.9. The molecule has 1 atom stereocenters. The Labute approximate surface area is 194 Å². The number of ether oxygens (including phenoxy) is 1. The van der Waals surface area contributed by atoms with Gasteiger partial charge in [-0.25, -0.2) is 0 Å². The van der Waals surface area contributed by atoms with Gasteiger partial charge in [0.2, 0.25) is 0 Å². The van der Waals surface area contributed by atoms with Crippen LogP contribution in [-0.4, -0.2) is 64.5 Å². The van der Waals surface area contributed by atoms with E-state index in [9.17, 15) is 19.8 Å². The molecule has 2 aromatic carbocycles. The molecule has 2 N–H and O–H groups in total. The molecule has 1 saturated heterocycles. The molecule has 1 amide bonds. The Bertz CT molecular complexity index is 1010. The zero-order valence-corrected chi connectivity index (χ0v) is 19.5. The van der Waals surface area contributed by atoms with E-state index < -0.39 is 17.7 Å². The molecule has 0 spiro atoms. The van der Waals surface area contributed by atoms with Crippen LogP contribution < -0.4 is 4.74 Å². The number of aliphatic hydroxyl groups is 1. The number of phenols is 1. The average Bonchev–Trinajstić information content (AvgIpc) is 3.08. The predicted molar refractivity (Wildman–Crippen MR) is 127 cm³/mol. The highest BCUT2D eigenvalue weighted by molar-refractivity contribution is 6.46. The molecule has 0 saturated carbocycles. The number of likely N-dealkylation sites (tertiary alicyclic amines) is 1. The third-order valence-corrected chi connectivity index (χ3v) is 5.88. The number of Topliss-reactive ketones (excluding diaryl/α,β-unsaturated/α-hetero) is 1. The number of nitrogens with zero attached hydrogens (tertiary/aromatic N) is 2. The van der Waals surface area contributed by atoms with Crippen molar-refractivity contribution in [3.05, 3.63) is 65.2 Å². The molecule has 1 aliphatic rings. The lowest BCUT2D eigenvalue weighted by molar-refractivity contribution is -0.140. The molecule has 1 heterocycles. The summed E-state index contributed by atoms with van der Waals surface area (Å²) < 4.78 is 5.66. The minimum Gasteiger partial charge on any atom is -0.508 e. The Kier molecular flexibility index (Phi) is 8.11. The Hall–Kier alpha value is -3.32. The predicted octanol–water partition coefficient (Wildman–Crippen LogP) is 3.94. The number of carbonyl (C=O) groups is 2. The number of rotatable bonds is 10. The molecular formula is C26H32N2O5. The van der Waals surface area contributed by atoms with Crippen LogP contribution in [-0.2, 0) is 9.59 Å². The first-order valence-corrected chi connectivity index (χ1v) is 11.4. The fourth-order valence-electron chi connectivity index (χ4n) is 4.01. The average molecular weight is 453 g/mol. The SMILES string of the molecule is CCCOc1cccc(/C(O)=C2\C(=O)C(=O)N(CCN(CC)CC)C2c2ccc(O)cc2)c1. The molecule has 7 nitrogen and oxygen atoms in total. The van der Waals surface area contributed by atoms with Crippen LogP contribution in [0.3, 0.4) is 0 Å². The van der Waals surface area contributed by atoms with Gasteiger partial charge in [-0.15, -0.1) is 0 Å². The summed E-state index contributed by atoms with van der Waals surface area (Å²) in [7, 11) is 0. The lowest BCUT2D eigenvalue weighted by Gasteiger charge is -2.28. The Balaban J connectivity index is 2.06. The molecule has 1 fully saturated rings. The molecule has 0 radical (unpaired) electrons. The second-order valence-electron chi connectivity index (χ2n) is 7.99. The number of benzene rings is 2. The summed E-state index contributed by atoms with van der Waals surface area (Å²) in [6, 6.07) is 12.5. The van der Waals surface area contributed by atoms with Crippen molar-refractivity contribution in [3.63, 3.8) is 0 Å². The number of likely N-dealkylation sites (N-methyl/N-ethyl adjacent to an activating group) is 1. The second kappa shape index (κ2) is 11.0. The van der Waals surface area contributed by atoms with Crippen molar-refractivity contribution >= 4 is 17.4 Å². The number of carbonyl (C=O) groups excluding carboxylic acids is 2. The summed E-state index contributed by atoms with van der Waals surface area (Å²) >= 11 is 0.